The molecule has 0 fully saturated rings. The minimum absolute atomic E-state index is 0.239. The Kier molecular flexibility index (Phi) is 5.16. The molecule has 1 amide bonds. The second kappa shape index (κ2) is 8.06. The lowest BCUT2D eigenvalue weighted by Crippen LogP contribution is -2.10. The first kappa shape index (κ1) is 17.9. The molecule has 2 N–H and O–H groups in total. The van der Waals surface area contributed by atoms with E-state index < -0.39 is 0 Å². The number of hydrogen-bond donors (Lipinski definition) is 2. The van der Waals surface area contributed by atoms with Crippen LogP contribution < -0.4 is 10.6 Å². The van der Waals surface area contributed by atoms with Gasteiger partial charge in [-0.2, -0.15) is 0 Å². The van der Waals surface area contributed by atoms with Gasteiger partial charge in [-0.15, -0.1) is 0 Å². The Hall–Kier alpha value is -3.45. The van der Waals surface area contributed by atoms with Crippen LogP contribution in [0.2, 0.25) is 0 Å². The number of nitrogens with zero attached hydrogens (tertiary/aromatic N) is 2. The fourth-order valence-electron chi connectivity index (χ4n) is 2.61. The highest BCUT2D eigenvalue weighted by Crippen LogP contribution is 2.22. The molecule has 0 unspecified atom stereocenters. The van der Waals surface area contributed by atoms with Crippen molar-refractivity contribution in [1.29, 1.82) is 0 Å². The molecule has 2 heterocycles. The van der Waals surface area contributed by atoms with E-state index in [9.17, 15) is 4.79 Å². The average molecular weight is 435 g/mol. The van der Waals surface area contributed by atoms with Crippen molar-refractivity contribution in [2.45, 2.75) is 0 Å². The molecule has 0 atom stereocenters. The first-order valence-electron chi connectivity index (χ1n) is 8.49. The van der Waals surface area contributed by atoms with Crippen molar-refractivity contribution in [3.63, 3.8) is 0 Å². The zero-order chi connectivity index (χ0) is 19.3. The minimum Gasteiger partial charge on any atom is -0.444 e. The molecule has 6 nitrogen and oxygen atoms in total. The molecule has 0 spiro atoms. The van der Waals surface area contributed by atoms with E-state index in [1.54, 1.807) is 24.3 Å². The molecule has 2 aromatic carbocycles. The van der Waals surface area contributed by atoms with Gasteiger partial charge in [-0.25, -0.2) is 9.97 Å². The first-order chi connectivity index (χ1) is 13.7. The van der Waals surface area contributed by atoms with Crippen LogP contribution in [-0.4, -0.2) is 15.9 Å². The molecule has 0 radical (unpaired) electrons. The Balaban J connectivity index is 1.44. The highest BCUT2D eigenvalue weighted by molar-refractivity contribution is 9.10. The average Bonchev–Trinajstić information content (AvgIpc) is 3.17. The van der Waals surface area contributed by atoms with Crippen LogP contribution in [0.4, 0.5) is 17.2 Å². The summed E-state index contributed by atoms with van der Waals surface area (Å²) >= 11 is 3.18. The zero-order valence-corrected chi connectivity index (χ0v) is 16.2. The number of carbonyl (C=O) groups excluding carboxylic acids is 1. The Morgan fingerprint density at radius 3 is 2.36 bits per heavy atom. The quantitative estimate of drug-likeness (QED) is 0.433. The summed E-state index contributed by atoms with van der Waals surface area (Å²) in [6, 6.07) is 22.4. The largest absolute Gasteiger partial charge is 0.444 e. The summed E-state index contributed by atoms with van der Waals surface area (Å²) in [6.07, 6.45) is 1.53. The molecular formula is C21H15BrN4O2. The third kappa shape index (κ3) is 4.27. The summed E-state index contributed by atoms with van der Waals surface area (Å²) in [5.41, 5.74) is 3.37. The van der Waals surface area contributed by atoms with Crippen molar-refractivity contribution in [1.82, 2.24) is 9.97 Å². The highest BCUT2D eigenvalue weighted by atomic mass is 79.9. The first-order valence-corrected chi connectivity index (χ1v) is 9.28. The maximum atomic E-state index is 12.1. The van der Waals surface area contributed by atoms with Gasteiger partial charge in [0, 0.05) is 23.0 Å². The summed E-state index contributed by atoms with van der Waals surface area (Å²) in [5, 5.41) is 6.03. The van der Waals surface area contributed by atoms with Gasteiger partial charge in [0.25, 0.3) is 5.91 Å². The summed E-state index contributed by atoms with van der Waals surface area (Å²) in [6.45, 7) is 0. The van der Waals surface area contributed by atoms with E-state index in [0.717, 1.165) is 16.9 Å². The molecule has 138 valence electrons. The van der Waals surface area contributed by atoms with Crippen molar-refractivity contribution in [3.05, 3.63) is 89.6 Å². The van der Waals surface area contributed by atoms with Crippen LogP contribution in [0.1, 0.15) is 10.6 Å². The van der Waals surface area contributed by atoms with E-state index in [2.05, 4.69) is 36.5 Å². The molecule has 4 rings (SSSR count). The van der Waals surface area contributed by atoms with E-state index in [-0.39, 0.29) is 11.7 Å². The lowest BCUT2D eigenvalue weighted by Gasteiger charge is -2.08. The van der Waals surface area contributed by atoms with Crippen molar-refractivity contribution in [2.24, 2.45) is 0 Å². The third-order valence-electron chi connectivity index (χ3n) is 3.95. The number of aromatic nitrogens is 2. The number of hydrogen-bond acceptors (Lipinski definition) is 5. The van der Waals surface area contributed by atoms with Crippen molar-refractivity contribution in [2.75, 3.05) is 10.6 Å². The molecular weight excluding hydrogens is 420 g/mol. The molecule has 7 heteroatoms. The fourth-order valence-corrected chi connectivity index (χ4v) is 2.91. The van der Waals surface area contributed by atoms with Crippen LogP contribution in [0.15, 0.2) is 88.2 Å². The second-order valence-corrected chi connectivity index (χ2v) is 6.70. The van der Waals surface area contributed by atoms with Crippen molar-refractivity contribution < 1.29 is 9.21 Å². The molecule has 0 aliphatic rings. The fraction of sp³-hybridized carbons (Fsp3) is 0. The van der Waals surface area contributed by atoms with Gasteiger partial charge in [0.05, 0.1) is 5.69 Å². The predicted molar refractivity (Wildman–Crippen MR) is 112 cm³/mol. The molecule has 2 aromatic heterocycles. The van der Waals surface area contributed by atoms with Gasteiger partial charge in [-0.05, 0) is 52.3 Å². The van der Waals surface area contributed by atoms with Crippen LogP contribution in [0.25, 0.3) is 11.3 Å². The lowest BCUT2D eigenvalue weighted by atomic mass is 10.1. The van der Waals surface area contributed by atoms with Gasteiger partial charge in [0.2, 0.25) is 0 Å². The molecule has 28 heavy (non-hydrogen) atoms. The number of nitrogens with one attached hydrogen (secondary N) is 2. The monoisotopic (exact) mass is 434 g/mol. The SMILES string of the molecule is O=C(Nc1ccc(Nc2cc(-c3ccccc3)ncn2)cc1)c1ccc(Br)o1. The van der Waals surface area contributed by atoms with Crippen molar-refractivity contribution >= 4 is 39.0 Å². The normalized spacial score (nSPS) is 10.5. The van der Waals surface area contributed by atoms with E-state index in [0.29, 0.717) is 16.2 Å². The van der Waals surface area contributed by atoms with Crippen LogP contribution in [0, 0.1) is 0 Å². The topological polar surface area (TPSA) is 80.0 Å². The summed E-state index contributed by atoms with van der Waals surface area (Å²) in [5.74, 6) is 0.615. The van der Waals surface area contributed by atoms with Gasteiger partial charge < -0.3 is 15.1 Å². The Bertz CT molecular complexity index is 1090. The third-order valence-corrected chi connectivity index (χ3v) is 4.38. The van der Waals surface area contributed by atoms with E-state index in [4.69, 9.17) is 4.42 Å². The van der Waals surface area contributed by atoms with E-state index in [1.165, 1.54) is 6.33 Å². The van der Waals surface area contributed by atoms with E-state index in [1.807, 2.05) is 48.5 Å². The Morgan fingerprint density at radius 2 is 1.64 bits per heavy atom. The number of furan rings is 1. The van der Waals surface area contributed by atoms with Crippen LogP contribution in [-0.2, 0) is 0 Å². The zero-order valence-electron chi connectivity index (χ0n) is 14.6. The molecule has 0 aliphatic carbocycles. The molecule has 0 saturated heterocycles. The molecule has 0 bridgehead atoms. The summed E-state index contributed by atoms with van der Waals surface area (Å²) in [4.78, 5) is 20.7. The number of amides is 1. The standard InChI is InChI=1S/C21H15BrN4O2/c22-19-11-10-18(28-19)21(27)26-16-8-6-15(7-9-16)25-20-12-17(23-13-24-20)14-4-2-1-3-5-14/h1-13H,(H,26,27)(H,23,24,25). The van der Waals surface area contributed by atoms with Gasteiger partial charge in [0.15, 0.2) is 10.4 Å². The van der Waals surface area contributed by atoms with Crippen LogP contribution >= 0.6 is 15.9 Å². The molecule has 4 aromatic rings. The second-order valence-electron chi connectivity index (χ2n) is 5.91. The minimum atomic E-state index is -0.310. The van der Waals surface area contributed by atoms with Crippen LogP contribution in [0.3, 0.4) is 0 Å². The summed E-state index contributed by atoms with van der Waals surface area (Å²) in [7, 11) is 0. The van der Waals surface area contributed by atoms with Gasteiger partial charge >= 0.3 is 0 Å². The van der Waals surface area contributed by atoms with Crippen molar-refractivity contribution in [3.8, 4) is 11.3 Å². The molecule has 0 aliphatic heterocycles. The predicted octanol–water partition coefficient (Wildman–Crippen LogP) is 5.50. The Morgan fingerprint density at radius 1 is 0.893 bits per heavy atom. The number of benzene rings is 2. The maximum absolute atomic E-state index is 12.1. The van der Waals surface area contributed by atoms with Crippen LogP contribution in [0.5, 0.6) is 0 Å². The Labute approximate surface area is 169 Å². The van der Waals surface area contributed by atoms with Gasteiger partial charge in [0.1, 0.15) is 12.1 Å². The molecule has 0 saturated carbocycles. The number of anilines is 3. The van der Waals surface area contributed by atoms with Gasteiger partial charge in [-0.1, -0.05) is 30.3 Å². The number of carbonyl (C=O) groups is 1. The smallest absolute Gasteiger partial charge is 0.291 e. The highest BCUT2D eigenvalue weighted by Gasteiger charge is 2.10. The number of halogens is 1. The van der Waals surface area contributed by atoms with E-state index >= 15 is 0 Å². The summed E-state index contributed by atoms with van der Waals surface area (Å²) < 4.78 is 5.76. The number of rotatable bonds is 5. The maximum Gasteiger partial charge on any atom is 0.291 e. The van der Waals surface area contributed by atoms with Gasteiger partial charge in [-0.3, -0.25) is 4.79 Å². The lowest BCUT2D eigenvalue weighted by molar-refractivity contribution is 0.0995.